The Morgan fingerprint density at radius 3 is 2.50 bits per heavy atom. The number of benzene rings is 1. The van der Waals surface area contributed by atoms with Gasteiger partial charge in [0.05, 0.1) is 5.69 Å². The first-order chi connectivity index (χ1) is 9.28. The maximum Gasteiger partial charge on any atom is 0.332 e. The highest BCUT2D eigenvalue weighted by Gasteiger charge is 2.13. The summed E-state index contributed by atoms with van der Waals surface area (Å²) in [7, 11) is 0. The van der Waals surface area contributed by atoms with Crippen LogP contribution in [0.4, 0.5) is 0 Å². The summed E-state index contributed by atoms with van der Waals surface area (Å²) in [6.45, 7) is 8.00. The minimum atomic E-state index is -0.256. The Labute approximate surface area is 119 Å². The number of imidazole rings is 1. The largest absolute Gasteiger partial charge is 0.332 e. The molecule has 2 aromatic rings. The summed E-state index contributed by atoms with van der Waals surface area (Å²) in [4.78, 5) is 12.3. The molecule has 0 saturated carbocycles. The Bertz CT molecular complexity index is 644. The topological polar surface area (TPSA) is 52.9 Å². The second-order valence-electron chi connectivity index (χ2n) is 6.29. The SMILES string of the molecule is CC(C)n1ccn(-c2cccc(CC(C)(C)N)c2)c1=O. The van der Waals surface area contributed by atoms with Crippen LogP contribution in [0.15, 0.2) is 41.5 Å². The Morgan fingerprint density at radius 1 is 1.25 bits per heavy atom. The van der Waals surface area contributed by atoms with Gasteiger partial charge in [-0.25, -0.2) is 4.79 Å². The summed E-state index contributed by atoms with van der Waals surface area (Å²) in [5, 5.41) is 0. The van der Waals surface area contributed by atoms with Crippen molar-refractivity contribution in [2.24, 2.45) is 5.73 Å². The molecule has 1 aromatic heterocycles. The molecule has 2 rings (SSSR count). The van der Waals surface area contributed by atoms with Gasteiger partial charge in [-0.15, -0.1) is 0 Å². The summed E-state index contributed by atoms with van der Waals surface area (Å²) >= 11 is 0. The van der Waals surface area contributed by atoms with Gasteiger partial charge in [0.25, 0.3) is 0 Å². The quantitative estimate of drug-likeness (QED) is 0.930. The lowest BCUT2D eigenvalue weighted by molar-refractivity contribution is 0.516. The molecule has 0 fully saturated rings. The molecule has 0 atom stereocenters. The molecule has 20 heavy (non-hydrogen) atoms. The fraction of sp³-hybridized carbons (Fsp3) is 0.438. The van der Waals surface area contributed by atoms with Crippen LogP contribution in [0, 0.1) is 0 Å². The van der Waals surface area contributed by atoms with Crippen molar-refractivity contribution in [1.82, 2.24) is 9.13 Å². The van der Waals surface area contributed by atoms with Gasteiger partial charge in [0, 0.05) is 24.0 Å². The number of aromatic nitrogens is 2. The van der Waals surface area contributed by atoms with Gasteiger partial charge in [-0.2, -0.15) is 0 Å². The van der Waals surface area contributed by atoms with Gasteiger partial charge < -0.3 is 5.73 Å². The highest BCUT2D eigenvalue weighted by molar-refractivity contribution is 5.36. The molecule has 1 heterocycles. The number of nitrogens with two attached hydrogens (primary N) is 1. The van der Waals surface area contributed by atoms with Gasteiger partial charge >= 0.3 is 5.69 Å². The normalized spacial score (nSPS) is 12.1. The van der Waals surface area contributed by atoms with Crippen molar-refractivity contribution in [2.75, 3.05) is 0 Å². The Balaban J connectivity index is 2.39. The van der Waals surface area contributed by atoms with Crippen LogP contribution < -0.4 is 11.4 Å². The average Bonchev–Trinajstić information content (AvgIpc) is 2.69. The first-order valence-corrected chi connectivity index (χ1v) is 6.95. The first kappa shape index (κ1) is 14.6. The van der Waals surface area contributed by atoms with E-state index in [-0.39, 0.29) is 17.3 Å². The molecule has 0 aliphatic heterocycles. The third-order valence-corrected chi connectivity index (χ3v) is 3.21. The van der Waals surface area contributed by atoms with Crippen LogP contribution in [-0.4, -0.2) is 14.7 Å². The van der Waals surface area contributed by atoms with E-state index in [2.05, 4.69) is 0 Å². The fourth-order valence-electron chi connectivity index (χ4n) is 2.32. The van der Waals surface area contributed by atoms with E-state index in [1.165, 1.54) is 0 Å². The Morgan fingerprint density at radius 2 is 1.95 bits per heavy atom. The molecule has 0 amide bonds. The zero-order chi connectivity index (χ0) is 14.9. The van der Waals surface area contributed by atoms with Crippen LogP contribution in [-0.2, 0) is 6.42 Å². The third kappa shape index (κ3) is 3.20. The molecular formula is C16H23N3O. The Hall–Kier alpha value is -1.81. The van der Waals surface area contributed by atoms with Crippen molar-refractivity contribution in [3.63, 3.8) is 0 Å². The van der Waals surface area contributed by atoms with Crippen LogP contribution in [0.5, 0.6) is 0 Å². The third-order valence-electron chi connectivity index (χ3n) is 3.21. The van der Waals surface area contributed by atoms with Crippen LogP contribution >= 0.6 is 0 Å². The average molecular weight is 273 g/mol. The Kier molecular flexibility index (Phi) is 3.86. The van der Waals surface area contributed by atoms with Gasteiger partial charge in [0.2, 0.25) is 0 Å². The molecule has 0 bridgehead atoms. The van der Waals surface area contributed by atoms with E-state index in [4.69, 9.17) is 5.73 Å². The van der Waals surface area contributed by atoms with E-state index < -0.39 is 0 Å². The van der Waals surface area contributed by atoms with Gasteiger partial charge in [-0.1, -0.05) is 12.1 Å². The van der Waals surface area contributed by atoms with Gasteiger partial charge in [-0.05, 0) is 51.8 Å². The molecule has 1 aromatic carbocycles. The molecule has 0 spiro atoms. The summed E-state index contributed by atoms with van der Waals surface area (Å²) in [6, 6.07) is 8.15. The molecule has 2 N–H and O–H groups in total. The summed E-state index contributed by atoms with van der Waals surface area (Å²) in [5.41, 5.74) is 7.81. The smallest absolute Gasteiger partial charge is 0.325 e. The standard InChI is InChI=1S/C16H23N3O/c1-12(2)18-8-9-19(15(18)20)14-7-5-6-13(10-14)11-16(3,4)17/h5-10,12H,11,17H2,1-4H3. The second-order valence-corrected chi connectivity index (χ2v) is 6.29. The van der Waals surface area contributed by atoms with Crippen molar-refractivity contribution >= 4 is 0 Å². The first-order valence-electron chi connectivity index (χ1n) is 6.95. The molecule has 0 unspecified atom stereocenters. The van der Waals surface area contributed by atoms with E-state index in [1.54, 1.807) is 9.13 Å². The summed E-state index contributed by atoms with van der Waals surface area (Å²) < 4.78 is 3.40. The van der Waals surface area contributed by atoms with E-state index in [1.807, 2.05) is 64.4 Å². The number of rotatable bonds is 4. The molecule has 4 nitrogen and oxygen atoms in total. The molecular weight excluding hydrogens is 250 g/mol. The van der Waals surface area contributed by atoms with E-state index in [0.717, 1.165) is 17.7 Å². The lowest BCUT2D eigenvalue weighted by Crippen LogP contribution is -2.34. The zero-order valence-electron chi connectivity index (χ0n) is 12.6. The van der Waals surface area contributed by atoms with E-state index >= 15 is 0 Å². The lowest BCUT2D eigenvalue weighted by Gasteiger charge is -2.18. The van der Waals surface area contributed by atoms with Crippen molar-refractivity contribution in [1.29, 1.82) is 0 Å². The van der Waals surface area contributed by atoms with Gasteiger partial charge in [0.15, 0.2) is 0 Å². The van der Waals surface area contributed by atoms with E-state index in [0.29, 0.717) is 0 Å². The van der Waals surface area contributed by atoms with Crippen molar-refractivity contribution < 1.29 is 0 Å². The molecule has 0 saturated heterocycles. The highest BCUT2D eigenvalue weighted by atomic mass is 16.1. The predicted octanol–water partition coefficient (Wildman–Crippen LogP) is 2.50. The lowest BCUT2D eigenvalue weighted by atomic mass is 9.96. The van der Waals surface area contributed by atoms with E-state index in [9.17, 15) is 4.79 Å². The van der Waals surface area contributed by atoms with Crippen LogP contribution in [0.3, 0.4) is 0 Å². The maximum absolute atomic E-state index is 12.3. The van der Waals surface area contributed by atoms with Crippen molar-refractivity contribution in [3.05, 3.63) is 52.7 Å². The van der Waals surface area contributed by atoms with Crippen LogP contribution in [0.25, 0.3) is 5.69 Å². The van der Waals surface area contributed by atoms with Gasteiger partial charge in [-0.3, -0.25) is 9.13 Å². The summed E-state index contributed by atoms with van der Waals surface area (Å²) in [6.07, 6.45) is 4.42. The number of hydrogen-bond donors (Lipinski definition) is 1. The fourth-order valence-corrected chi connectivity index (χ4v) is 2.32. The molecule has 0 radical (unpaired) electrons. The second kappa shape index (κ2) is 5.29. The minimum Gasteiger partial charge on any atom is -0.325 e. The number of hydrogen-bond acceptors (Lipinski definition) is 2. The monoisotopic (exact) mass is 273 g/mol. The predicted molar refractivity (Wildman–Crippen MR) is 82.4 cm³/mol. The highest BCUT2D eigenvalue weighted by Crippen LogP contribution is 2.14. The minimum absolute atomic E-state index is 0.0100. The zero-order valence-corrected chi connectivity index (χ0v) is 12.6. The van der Waals surface area contributed by atoms with Crippen LogP contribution in [0.1, 0.15) is 39.3 Å². The molecule has 108 valence electrons. The van der Waals surface area contributed by atoms with Crippen molar-refractivity contribution in [3.8, 4) is 5.69 Å². The molecule has 4 heteroatoms. The maximum atomic E-state index is 12.3. The number of nitrogens with zero attached hydrogens (tertiary/aromatic N) is 2. The van der Waals surface area contributed by atoms with Crippen LogP contribution in [0.2, 0.25) is 0 Å². The van der Waals surface area contributed by atoms with Crippen molar-refractivity contribution in [2.45, 2.75) is 45.7 Å². The summed E-state index contributed by atoms with van der Waals surface area (Å²) in [5.74, 6) is 0. The molecule has 0 aliphatic carbocycles. The van der Waals surface area contributed by atoms with Gasteiger partial charge in [0.1, 0.15) is 0 Å². The molecule has 0 aliphatic rings.